The zero-order chi connectivity index (χ0) is 89.4. The zero-order valence-electron chi connectivity index (χ0n) is 72.9. The van der Waals surface area contributed by atoms with E-state index in [1.807, 2.05) is 57.4 Å². The van der Waals surface area contributed by atoms with Crippen molar-refractivity contribution in [1.82, 2.24) is 49.0 Å². The van der Waals surface area contributed by atoms with Crippen LogP contribution in [0.15, 0.2) is 179 Å². The summed E-state index contributed by atoms with van der Waals surface area (Å²) in [5.41, 5.74) is 12.8. The van der Waals surface area contributed by atoms with Crippen LogP contribution in [0, 0.1) is 42.9 Å². The number of aliphatic hydroxyl groups is 1. The van der Waals surface area contributed by atoms with E-state index in [4.69, 9.17) is 32.7 Å². The summed E-state index contributed by atoms with van der Waals surface area (Å²) in [5, 5.41) is 38.0. The van der Waals surface area contributed by atoms with Gasteiger partial charge in [-0.2, -0.15) is 0 Å². The van der Waals surface area contributed by atoms with Gasteiger partial charge in [-0.25, -0.2) is 36.2 Å². The first-order valence-electron chi connectivity index (χ1n) is 43.8. The van der Waals surface area contributed by atoms with E-state index < -0.39 is 47.3 Å². The van der Waals surface area contributed by atoms with E-state index in [0.29, 0.717) is 83.6 Å². The Balaban J connectivity index is 0.000000187. The Bertz CT molecular complexity index is 6150. The lowest BCUT2D eigenvalue weighted by molar-refractivity contribution is -0.385. The van der Waals surface area contributed by atoms with Gasteiger partial charge in [-0.15, -0.1) is 0 Å². The van der Waals surface area contributed by atoms with Crippen LogP contribution in [0.5, 0.6) is 23.0 Å². The lowest BCUT2D eigenvalue weighted by atomic mass is 9.72. The van der Waals surface area contributed by atoms with E-state index in [9.17, 15) is 51.8 Å². The van der Waals surface area contributed by atoms with Crippen molar-refractivity contribution in [1.29, 1.82) is 0 Å². The number of hydrogen-bond acceptors (Lipinski definition) is 21. The Morgan fingerprint density at radius 2 is 0.953 bits per heavy atom. The van der Waals surface area contributed by atoms with Crippen LogP contribution in [0.2, 0.25) is 10.0 Å². The number of pyridine rings is 2. The SMILES string of the molecule is CC1(C)CCC(CN2CCN(c3ccc(C(=O)NS(=O)(=O)c4cc5c(c([N+](=O)[O-])c4)C[C@@H](CCN4CCC(C)(O)CC4)C5)c(Oc4cnc5[nH]ccc5c4)c3)CC2)=C(c2ccc(Cl)cc2)C1.CN(C)CC[C@H]1Cc2cc(S(=O)(=O)NC(=O)c3ccc(N4CCN(CC5=C(c6ccc(Cl)cc6)CC(C)(C)CC5)CC4)cc3Oc3cnc4[nH]ccc4c3)cc([N+](=O)[O-])c2C1. The van der Waals surface area contributed by atoms with Crippen LogP contribution < -0.4 is 28.7 Å². The molecule has 0 bridgehead atoms. The van der Waals surface area contributed by atoms with E-state index in [-0.39, 0.29) is 66.5 Å². The van der Waals surface area contributed by atoms with Crippen molar-refractivity contribution in [2.75, 3.05) is 116 Å². The predicted molar refractivity (Wildman–Crippen MR) is 496 cm³/mol. The van der Waals surface area contributed by atoms with E-state index in [1.54, 1.807) is 60.9 Å². The Hall–Kier alpha value is -10.6. The van der Waals surface area contributed by atoms with E-state index >= 15 is 0 Å². The normalized spacial score (nSPS) is 19.1. The fourth-order valence-corrected chi connectivity index (χ4v) is 21.4. The number of carbonyl (C=O) groups excluding carboxylic acids is 2. The summed E-state index contributed by atoms with van der Waals surface area (Å²) in [6.45, 7) is 22.4. The van der Waals surface area contributed by atoms with Crippen molar-refractivity contribution < 1.29 is 50.9 Å². The molecule has 0 saturated carbocycles. The molecule has 31 heteroatoms. The maximum absolute atomic E-state index is 14.1. The molecule has 3 fully saturated rings. The topological polar surface area (TPSA) is 328 Å². The highest BCUT2D eigenvalue weighted by molar-refractivity contribution is 7.90. The fourth-order valence-electron chi connectivity index (χ4n) is 19.1. The van der Waals surface area contributed by atoms with Crippen LogP contribution in [0.1, 0.15) is 153 Å². The van der Waals surface area contributed by atoms with E-state index in [0.717, 1.165) is 187 Å². The van der Waals surface area contributed by atoms with Crippen LogP contribution in [0.25, 0.3) is 33.2 Å². The largest absolute Gasteiger partial charge is 0.455 e. The predicted octanol–water partition coefficient (Wildman–Crippen LogP) is 17.3. The van der Waals surface area contributed by atoms with Gasteiger partial charge in [-0.3, -0.25) is 39.6 Å². The minimum Gasteiger partial charge on any atom is -0.455 e. The Morgan fingerprint density at radius 1 is 0.535 bits per heavy atom. The number of nitro groups is 2. The molecular formula is C96H110Cl2N14O13S2. The number of piperidine rings is 1. The number of nitro benzene ring substituents is 2. The molecule has 127 heavy (non-hydrogen) atoms. The number of allylic oxidation sites excluding steroid dienone is 2. The smallest absolute Gasteiger partial charge is 0.274 e. The number of sulfonamides is 2. The molecule has 0 unspecified atom stereocenters. The third-order valence-electron chi connectivity index (χ3n) is 26.5. The third kappa shape index (κ3) is 21.4. The maximum Gasteiger partial charge on any atom is 0.274 e. The standard InChI is InChI=1S/C50H58ClN7O7S.C46H52ClN7O6S/c1-49(2)13-10-36(44(30-49)34-4-6-38(51)7-5-34)32-56-20-22-57(23-21-56)39-8-9-42(46(28-39)65-40-26-35-11-16-52-47(35)53-31-40)48(59)54-66(63,64)41-27-37-24-33(25-43(37)45(29-41)58(61)62)12-17-55-18-14-50(3,60)15-19-55;1-46(2)14-11-33(41(27-46)31-5-7-35(47)8-6-31)29-52-17-19-53(20-18-52)36-9-10-39(43(25-36)60-37-23-32-12-15-48-44(32)49-28-37)45(55)50-61(58,59)38-24-34-21-30(13-16-51(3)4)22-40(34)42(26-38)54(56)57/h4-9,11,16,26-29,31,33,60H,10,12-15,17-25,30,32H2,1-3H3,(H,52,53)(H,54,59);5-10,12,15,23-26,28,30H,11,13-14,16-22,27,29H2,1-4H3,(H,48,49)(H,50,55)/t33-;30-/m00/s1. The van der Waals surface area contributed by atoms with Crippen LogP contribution in [-0.4, -0.2) is 194 Å². The van der Waals surface area contributed by atoms with Gasteiger partial charge in [-0.1, -0.05) is 86.3 Å². The van der Waals surface area contributed by atoms with Crippen molar-refractivity contribution in [2.45, 2.75) is 140 Å². The zero-order valence-corrected chi connectivity index (χ0v) is 76.0. The van der Waals surface area contributed by atoms with Crippen molar-refractivity contribution in [3.05, 3.63) is 244 Å². The van der Waals surface area contributed by atoms with Crippen molar-refractivity contribution in [3.63, 3.8) is 0 Å². The summed E-state index contributed by atoms with van der Waals surface area (Å²) in [4.78, 5) is 79.8. The molecule has 17 rings (SSSR count). The highest BCUT2D eigenvalue weighted by Crippen LogP contribution is 2.47. The molecule has 7 heterocycles. The lowest BCUT2D eigenvalue weighted by Gasteiger charge is -2.39. The van der Waals surface area contributed by atoms with Gasteiger partial charge in [0.2, 0.25) is 0 Å². The summed E-state index contributed by atoms with van der Waals surface area (Å²) in [6, 6.07) is 39.0. The van der Waals surface area contributed by atoms with Gasteiger partial charge in [0.25, 0.3) is 43.2 Å². The molecule has 2 amide bonds. The molecule has 4 aliphatic carbocycles. The van der Waals surface area contributed by atoms with Gasteiger partial charge in [0.1, 0.15) is 34.3 Å². The molecule has 0 radical (unpaired) electrons. The maximum atomic E-state index is 14.1. The number of ether oxygens (including phenoxy) is 2. The number of aromatic amines is 2. The summed E-state index contributed by atoms with van der Waals surface area (Å²) in [5.74, 6) is -0.586. The van der Waals surface area contributed by atoms with Crippen LogP contribution in [0.4, 0.5) is 22.7 Å². The number of nitrogens with zero attached hydrogens (tertiary/aromatic N) is 10. The molecule has 10 aromatic rings. The first kappa shape index (κ1) is 89.8. The Labute approximate surface area is 751 Å². The van der Waals surface area contributed by atoms with Crippen LogP contribution in [-0.2, 0) is 45.7 Å². The second kappa shape index (κ2) is 37.2. The molecule has 4 aromatic heterocycles. The van der Waals surface area contributed by atoms with Gasteiger partial charge >= 0.3 is 0 Å². The molecule has 6 aromatic carbocycles. The van der Waals surface area contributed by atoms with Crippen molar-refractivity contribution >= 4 is 111 Å². The number of hydrogen-bond donors (Lipinski definition) is 5. The van der Waals surface area contributed by atoms with Crippen LogP contribution in [0.3, 0.4) is 0 Å². The van der Waals surface area contributed by atoms with Crippen LogP contribution >= 0.6 is 23.2 Å². The summed E-state index contributed by atoms with van der Waals surface area (Å²) >= 11 is 12.5. The Kier molecular flexibility index (Phi) is 26.3. The molecular weight excluding hydrogens is 1690 g/mol. The van der Waals surface area contributed by atoms with Gasteiger partial charge < -0.3 is 44.1 Å². The van der Waals surface area contributed by atoms with Gasteiger partial charge in [0, 0.05) is 159 Å². The highest BCUT2D eigenvalue weighted by atomic mass is 35.5. The minimum absolute atomic E-state index is 0.0126. The molecule has 27 nitrogen and oxygen atoms in total. The number of benzene rings is 6. The lowest BCUT2D eigenvalue weighted by Crippen LogP contribution is -2.47. The summed E-state index contributed by atoms with van der Waals surface area (Å²) in [7, 11) is -5.16. The van der Waals surface area contributed by atoms with Crippen molar-refractivity contribution in [3.8, 4) is 23.0 Å². The molecule has 3 aliphatic heterocycles. The highest BCUT2D eigenvalue weighted by Gasteiger charge is 2.39. The molecule has 3 saturated heterocycles. The van der Waals surface area contributed by atoms with Gasteiger partial charge in [-0.05, 0) is 265 Å². The molecule has 5 N–H and O–H groups in total. The number of aromatic nitrogens is 4. The Morgan fingerprint density at radius 3 is 1.36 bits per heavy atom. The second-order valence-electron chi connectivity index (χ2n) is 37.4. The summed E-state index contributed by atoms with van der Waals surface area (Å²) in [6.07, 6.45) is 18.0. The quantitative estimate of drug-likeness (QED) is 0.0248. The van der Waals surface area contributed by atoms with Gasteiger partial charge in [0.15, 0.2) is 0 Å². The minimum atomic E-state index is -4.57. The molecule has 668 valence electrons. The monoisotopic (exact) mass is 1800 g/mol. The number of halogens is 2. The molecule has 7 aliphatic rings. The van der Waals surface area contributed by atoms with E-state index in [1.165, 1.54) is 57.9 Å². The number of anilines is 2. The number of likely N-dealkylation sites (tertiary alicyclic amines) is 1. The number of nitrogens with one attached hydrogen (secondary N) is 4. The second-order valence-corrected chi connectivity index (χ2v) is 41.7. The number of piperazine rings is 2. The number of rotatable bonds is 26. The summed E-state index contributed by atoms with van der Waals surface area (Å²) < 4.78 is 72.9. The average molecular weight is 1800 g/mol. The number of H-pyrrole nitrogens is 2. The number of amides is 2. The van der Waals surface area contributed by atoms with Crippen molar-refractivity contribution in [2.24, 2.45) is 22.7 Å². The fraction of sp³-hybridized carbons (Fsp3) is 0.417. The molecule has 2 atom stereocenters. The van der Waals surface area contributed by atoms with E-state index in [2.05, 4.69) is 111 Å². The first-order valence-corrected chi connectivity index (χ1v) is 47.5. The number of fused-ring (bicyclic) bond motifs is 4. The average Bonchev–Trinajstić information content (AvgIpc) is 1.68. The first-order chi connectivity index (χ1) is 60.6. The number of carbonyl (C=O) groups is 2. The van der Waals surface area contributed by atoms with Gasteiger partial charge in [0.05, 0.1) is 48.8 Å². The third-order valence-corrected chi connectivity index (χ3v) is 29.6. The molecule has 0 spiro atoms.